The van der Waals surface area contributed by atoms with Crippen molar-refractivity contribution in [3.63, 3.8) is 0 Å². The van der Waals surface area contributed by atoms with Crippen molar-refractivity contribution < 1.29 is 18.7 Å². The third-order valence-corrected chi connectivity index (χ3v) is 6.98. The predicted molar refractivity (Wildman–Crippen MR) is 134 cm³/mol. The van der Waals surface area contributed by atoms with Crippen LogP contribution >= 0.6 is 7.60 Å². The molecule has 0 aliphatic heterocycles. The summed E-state index contributed by atoms with van der Waals surface area (Å²) in [5.74, 6) is 0.308. The maximum atomic E-state index is 12.1. The van der Waals surface area contributed by atoms with E-state index in [4.69, 9.17) is 15.0 Å². The number of nitrogen functional groups attached to an aromatic ring is 1. The van der Waals surface area contributed by atoms with Crippen molar-refractivity contribution in [3.8, 4) is 0 Å². The van der Waals surface area contributed by atoms with Crippen molar-refractivity contribution >= 4 is 24.6 Å². The Morgan fingerprint density at radius 3 is 2.18 bits per heavy atom. The second-order valence-electron chi connectivity index (χ2n) is 9.12. The van der Waals surface area contributed by atoms with Crippen LogP contribution in [0.25, 0.3) is 11.2 Å². The van der Waals surface area contributed by atoms with Gasteiger partial charge < -0.3 is 29.0 Å². The molecule has 0 radical (unpaired) electrons. The van der Waals surface area contributed by atoms with E-state index in [2.05, 4.69) is 21.9 Å². The van der Waals surface area contributed by atoms with Crippen LogP contribution in [0.3, 0.4) is 0 Å². The van der Waals surface area contributed by atoms with Gasteiger partial charge in [0, 0.05) is 0 Å². The second kappa shape index (κ2) is 16.2. The molecular weight excluding hydrogens is 453 g/mol. The van der Waals surface area contributed by atoms with Crippen LogP contribution < -0.4 is 10.6 Å². The Balaban J connectivity index is 1.48. The molecule has 0 saturated carbocycles. The van der Waals surface area contributed by atoms with Crippen molar-refractivity contribution in [3.05, 3.63) is 12.7 Å². The maximum absolute atomic E-state index is 12.1. The number of unbranched alkanes of at least 4 members (excludes halogenated alkanes) is 12. The monoisotopic (exact) mass is 496 g/mol. The summed E-state index contributed by atoms with van der Waals surface area (Å²) in [5, 5.41) is 0. The van der Waals surface area contributed by atoms with Gasteiger partial charge in [-0.2, -0.15) is 0 Å². The Morgan fingerprint density at radius 1 is 0.971 bits per heavy atom. The van der Waals surface area contributed by atoms with Crippen LogP contribution in [0.5, 0.6) is 0 Å². The minimum Gasteiger partial charge on any atom is -0.777 e. The summed E-state index contributed by atoms with van der Waals surface area (Å²) in [5.41, 5.74) is 6.90. The minimum atomic E-state index is -4.02. The first-order valence-electron chi connectivity index (χ1n) is 12.9. The lowest BCUT2D eigenvalue weighted by Gasteiger charge is -2.25. The Kier molecular flexibility index (Phi) is 13.7. The first-order valence-corrected chi connectivity index (χ1v) is 14.6. The topological polar surface area (TPSA) is 128 Å². The van der Waals surface area contributed by atoms with Crippen LogP contribution in [0.4, 0.5) is 5.82 Å². The first-order chi connectivity index (χ1) is 16.4. The molecule has 0 bridgehead atoms. The maximum Gasteiger partial charge on any atom is 0.165 e. The minimum absolute atomic E-state index is 0.221. The molecule has 0 aliphatic carbocycles. The van der Waals surface area contributed by atoms with Gasteiger partial charge in [-0.25, -0.2) is 15.0 Å². The number of nitrogens with two attached hydrogens (primary N) is 1. The largest absolute Gasteiger partial charge is 0.777 e. The quantitative estimate of drug-likeness (QED) is 0.190. The number of anilines is 1. The van der Waals surface area contributed by atoms with Gasteiger partial charge in [0.1, 0.15) is 18.2 Å². The SMILES string of the molecule is CCCCCCCCCCCCCCCOP(=O)([O-])CO[C@H](C)Cn1cnc2c(N)ncnc21. The van der Waals surface area contributed by atoms with Gasteiger partial charge in [-0.15, -0.1) is 0 Å². The smallest absolute Gasteiger partial charge is 0.165 e. The fraction of sp³-hybridized carbons (Fsp3) is 0.792. The molecule has 2 atom stereocenters. The molecule has 2 heterocycles. The molecule has 0 aromatic carbocycles. The molecule has 0 saturated heterocycles. The van der Waals surface area contributed by atoms with Gasteiger partial charge in [0.2, 0.25) is 0 Å². The van der Waals surface area contributed by atoms with Crippen molar-refractivity contribution in [2.45, 2.75) is 110 Å². The zero-order valence-corrected chi connectivity index (χ0v) is 21.9. The molecule has 2 aromatic rings. The van der Waals surface area contributed by atoms with Crippen LogP contribution in [0.2, 0.25) is 0 Å². The van der Waals surface area contributed by atoms with E-state index in [9.17, 15) is 9.46 Å². The summed E-state index contributed by atoms with van der Waals surface area (Å²) in [6, 6.07) is 0. The van der Waals surface area contributed by atoms with Gasteiger partial charge in [0.25, 0.3) is 0 Å². The molecule has 0 fully saturated rings. The predicted octanol–water partition coefficient (Wildman–Crippen LogP) is 5.43. The lowest BCUT2D eigenvalue weighted by molar-refractivity contribution is -0.205. The van der Waals surface area contributed by atoms with E-state index >= 15 is 0 Å². The first kappa shape index (κ1) is 28.7. The summed E-state index contributed by atoms with van der Waals surface area (Å²) in [7, 11) is -4.02. The molecule has 0 spiro atoms. The zero-order valence-electron chi connectivity index (χ0n) is 21.0. The molecule has 2 N–H and O–H groups in total. The van der Waals surface area contributed by atoms with E-state index in [1.165, 1.54) is 70.5 Å². The number of rotatable bonds is 20. The average Bonchev–Trinajstić information content (AvgIpc) is 3.22. The molecular formula is C24H43N5O4P-. The number of hydrogen-bond donors (Lipinski definition) is 1. The van der Waals surface area contributed by atoms with Crippen LogP contribution in [0, 0.1) is 0 Å². The molecule has 1 unspecified atom stereocenters. The van der Waals surface area contributed by atoms with E-state index in [1.807, 2.05) is 0 Å². The Labute approximate surface area is 204 Å². The molecule has 194 valence electrons. The van der Waals surface area contributed by atoms with Crippen LogP contribution in [-0.2, 0) is 20.4 Å². The molecule has 10 heteroatoms. The highest BCUT2D eigenvalue weighted by Gasteiger charge is 2.14. The lowest BCUT2D eigenvalue weighted by Crippen LogP contribution is -2.20. The van der Waals surface area contributed by atoms with Crippen LogP contribution in [-0.4, -0.2) is 38.6 Å². The normalized spacial score (nSPS) is 14.4. The van der Waals surface area contributed by atoms with Crippen molar-refractivity contribution in [1.82, 2.24) is 19.5 Å². The van der Waals surface area contributed by atoms with Gasteiger partial charge >= 0.3 is 0 Å². The van der Waals surface area contributed by atoms with Gasteiger partial charge in [-0.3, -0.25) is 0 Å². The fourth-order valence-electron chi connectivity index (χ4n) is 3.94. The zero-order chi connectivity index (χ0) is 24.7. The van der Waals surface area contributed by atoms with Gasteiger partial charge in [-0.1, -0.05) is 84.0 Å². The number of hydrogen-bond acceptors (Lipinski definition) is 8. The van der Waals surface area contributed by atoms with E-state index < -0.39 is 13.9 Å². The Hall–Kier alpha value is -1.54. The molecule has 2 aromatic heterocycles. The molecule has 9 nitrogen and oxygen atoms in total. The number of fused-ring (bicyclic) bond motifs is 1. The summed E-state index contributed by atoms with van der Waals surface area (Å²) in [4.78, 5) is 24.4. The highest BCUT2D eigenvalue weighted by molar-refractivity contribution is 7.51. The number of aromatic nitrogens is 4. The second-order valence-corrected chi connectivity index (χ2v) is 10.9. The van der Waals surface area contributed by atoms with Crippen molar-refractivity contribution in [1.29, 1.82) is 0 Å². The lowest BCUT2D eigenvalue weighted by atomic mass is 10.0. The highest BCUT2D eigenvalue weighted by Crippen LogP contribution is 2.37. The number of ether oxygens (including phenoxy) is 1. The van der Waals surface area contributed by atoms with Crippen molar-refractivity contribution in [2.24, 2.45) is 0 Å². The summed E-state index contributed by atoms with van der Waals surface area (Å²) in [6.45, 7) is 4.66. The molecule has 0 aliphatic rings. The van der Waals surface area contributed by atoms with Gasteiger partial charge in [-0.05, 0) is 13.3 Å². The van der Waals surface area contributed by atoms with Gasteiger partial charge in [0.15, 0.2) is 19.1 Å². The van der Waals surface area contributed by atoms with E-state index in [-0.39, 0.29) is 12.7 Å². The van der Waals surface area contributed by atoms with E-state index in [0.29, 0.717) is 23.5 Å². The summed E-state index contributed by atoms with van der Waals surface area (Å²) in [6.07, 6.45) is 18.3. The molecule has 2 rings (SSSR count). The molecule has 0 amide bonds. The van der Waals surface area contributed by atoms with E-state index in [0.717, 1.165) is 19.3 Å². The molecule has 34 heavy (non-hydrogen) atoms. The standard InChI is InChI=1S/C24H44N5O4P/c1-3-4-5-6-7-8-9-10-11-12-13-14-15-16-33-34(30,31)20-32-21(2)17-29-19-28-22-23(25)26-18-27-24(22)29/h18-19,21H,3-17,20H2,1-2H3,(H,30,31)(H2,25,26,27)/p-1/t21-/m1/s1. The third-order valence-electron chi connectivity index (χ3n) is 5.94. The third kappa shape index (κ3) is 11.3. The van der Waals surface area contributed by atoms with Gasteiger partial charge in [0.05, 0.1) is 25.6 Å². The summed E-state index contributed by atoms with van der Waals surface area (Å²) >= 11 is 0. The van der Waals surface area contributed by atoms with E-state index in [1.54, 1.807) is 17.8 Å². The van der Waals surface area contributed by atoms with Crippen LogP contribution in [0.15, 0.2) is 12.7 Å². The number of nitrogens with zero attached hydrogens (tertiary/aromatic N) is 4. The number of imidazole rings is 1. The Morgan fingerprint density at radius 2 is 1.56 bits per heavy atom. The average molecular weight is 497 g/mol. The fourth-order valence-corrected chi connectivity index (χ4v) is 4.86. The summed E-state index contributed by atoms with van der Waals surface area (Å²) < 4.78 is 24.5. The Bertz CT molecular complexity index is 863. The van der Waals surface area contributed by atoms with Crippen LogP contribution in [0.1, 0.15) is 97.3 Å². The highest BCUT2D eigenvalue weighted by atomic mass is 31.2. The van der Waals surface area contributed by atoms with Crippen molar-refractivity contribution in [2.75, 3.05) is 18.7 Å².